The number of rotatable bonds is 1. The van der Waals surface area contributed by atoms with Crippen molar-refractivity contribution < 1.29 is 4.74 Å². The molecule has 0 saturated carbocycles. The Morgan fingerprint density at radius 1 is 1.70 bits per heavy atom. The fourth-order valence-corrected chi connectivity index (χ4v) is 0.775. The quantitative estimate of drug-likeness (QED) is 0.682. The maximum absolute atomic E-state index is 5.61. The number of halogens is 2. The van der Waals surface area contributed by atoms with Crippen molar-refractivity contribution in [2.45, 2.75) is 0 Å². The summed E-state index contributed by atoms with van der Waals surface area (Å²) >= 11 is 8.73. The zero-order valence-corrected chi connectivity index (χ0v) is 7.48. The Hall–Kier alpha value is -0.350. The Labute approximate surface area is 71.5 Å². The van der Waals surface area contributed by atoms with Gasteiger partial charge < -0.3 is 4.74 Å². The molecule has 0 radical (unpaired) electrons. The summed E-state index contributed by atoms with van der Waals surface area (Å²) in [5.41, 5.74) is 0. The maximum Gasteiger partial charge on any atom is 0.317 e. The standard InChI is InChI=1S/C5H4BrClN2O/c1-10-5-8-2-3(7)4(6)9-5/h2H,1H3. The predicted octanol–water partition coefficient (Wildman–Crippen LogP) is 1.90. The van der Waals surface area contributed by atoms with Gasteiger partial charge in [0.05, 0.1) is 18.3 Å². The van der Waals surface area contributed by atoms with Crippen LogP contribution in [-0.2, 0) is 0 Å². The molecule has 1 aromatic heterocycles. The Balaban J connectivity index is 3.04. The highest BCUT2D eigenvalue weighted by molar-refractivity contribution is 9.10. The Morgan fingerprint density at radius 2 is 2.40 bits per heavy atom. The monoisotopic (exact) mass is 222 g/mol. The van der Waals surface area contributed by atoms with Crippen LogP contribution >= 0.6 is 27.5 Å². The van der Waals surface area contributed by atoms with Crippen molar-refractivity contribution in [1.82, 2.24) is 9.97 Å². The first-order chi connectivity index (χ1) is 4.74. The number of hydrogen-bond donors (Lipinski definition) is 0. The number of nitrogens with zero attached hydrogens (tertiary/aromatic N) is 2. The molecule has 0 saturated heterocycles. The van der Waals surface area contributed by atoms with Gasteiger partial charge in [0.2, 0.25) is 0 Å². The SMILES string of the molecule is COc1ncc(Cl)c(Br)n1. The molecule has 1 heterocycles. The second-order valence-electron chi connectivity index (χ2n) is 1.50. The van der Waals surface area contributed by atoms with Crippen LogP contribution in [0.5, 0.6) is 6.01 Å². The molecule has 0 fully saturated rings. The average Bonchev–Trinajstić information content (AvgIpc) is 1.95. The number of ether oxygens (including phenoxy) is 1. The van der Waals surface area contributed by atoms with Gasteiger partial charge in [-0.1, -0.05) is 11.6 Å². The third-order valence-corrected chi connectivity index (χ3v) is 1.97. The van der Waals surface area contributed by atoms with Crippen molar-refractivity contribution >= 4 is 27.5 Å². The molecule has 0 aliphatic carbocycles. The number of aromatic nitrogens is 2. The van der Waals surface area contributed by atoms with Gasteiger partial charge in [0, 0.05) is 0 Å². The van der Waals surface area contributed by atoms with Crippen molar-refractivity contribution in [2.75, 3.05) is 7.11 Å². The molecule has 0 amide bonds. The first-order valence-electron chi connectivity index (χ1n) is 2.46. The zero-order valence-electron chi connectivity index (χ0n) is 5.14. The number of hydrogen-bond acceptors (Lipinski definition) is 3. The normalized spacial score (nSPS) is 9.50. The lowest BCUT2D eigenvalue weighted by Crippen LogP contribution is -1.91. The highest BCUT2D eigenvalue weighted by Crippen LogP contribution is 2.19. The van der Waals surface area contributed by atoms with E-state index in [0.717, 1.165) is 0 Å². The van der Waals surface area contributed by atoms with Crippen LogP contribution in [-0.4, -0.2) is 17.1 Å². The van der Waals surface area contributed by atoms with Gasteiger partial charge in [0.15, 0.2) is 0 Å². The summed E-state index contributed by atoms with van der Waals surface area (Å²) in [6, 6.07) is 0.302. The lowest BCUT2D eigenvalue weighted by atomic mass is 10.7. The van der Waals surface area contributed by atoms with Gasteiger partial charge in [-0.3, -0.25) is 0 Å². The molecular formula is C5H4BrClN2O. The van der Waals surface area contributed by atoms with Crippen LogP contribution in [0.3, 0.4) is 0 Å². The Kier molecular flexibility index (Phi) is 2.45. The van der Waals surface area contributed by atoms with Gasteiger partial charge in [-0.15, -0.1) is 0 Å². The highest BCUT2D eigenvalue weighted by Gasteiger charge is 2.00. The molecule has 0 N–H and O–H groups in total. The van der Waals surface area contributed by atoms with Crippen molar-refractivity contribution in [3.05, 3.63) is 15.8 Å². The summed E-state index contributed by atoms with van der Waals surface area (Å²) in [6.07, 6.45) is 1.47. The topological polar surface area (TPSA) is 35.0 Å². The molecule has 0 atom stereocenters. The van der Waals surface area contributed by atoms with Crippen LogP contribution in [0.15, 0.2) is 10.8 Å². The lowest BCUT2D eigenvalue weighted by Gasteiger charge is -1.97. The summed E-state index contributed by atoms with van der Waals surface area (Å²) in [6.45, 7) is 0. The Morgan fingerprint density at radius 3 is 2.90 bits per heavy atom. The van der Waals surface area contributed by atoms with E-state index in [1.807, 2.05) is 0 Å². The lowest BCUT2D eigenvalue weighted by molar-refractivity contribution is 0.379. The molecule has 0 aliphatic rings. The third kappa shape index (κ3) is 1.58. The number of methoxy groups -OCH3 is 1. The molecule has 3 nitrogen and oxygen atoms in total. The molecule has 0 aromatic carbocycles. The molecular weight excluding hydrogens is 219 g/mol. The minimum Gasteiger partial charge on any atom is -0.467 e. The zero-order chi connectivity index (χ0) is 7.56. The van der Waals surface area contributed by atoms with Crippen molar-refractivity contribution in [3.63, 3.8) is 0 Å². The van der Waals surface area contributed by atoms with Gasteiger partial charge in [0.25, 0.3) is 0 Å². The van der Waals surface area contributed by atoms with Crippen LogP contribution in [0.2, 0.25) is 5.02 Å². The van der Waals surface area contributed by atoms with Crippen LogP contribution in [0.4, 0.5) is 0 Å². The van der Waals surface area contributed by atoms with Crippen LogP contribution in [0.1, 0.15) is 0 Å². The summed E-state index contributed by atoms with van der Waals surface area (Å²) in [7, 11) is 1.50. The smallest absolute Gasteiger partial charge is 0.317 e. The van der Waals surface area contributed by atoms with E-state index < -0.39 is 0 Å². The van der Waals surface area contributed by atoms with E-state index in [4.69, 9.17) is 16.3 Å². The third-order valence-electron chi connectivity index (χ3n) is 0.862. The first-order valence-corrected chi connectivity index (χ1v) is 3.63. The molecule has 5 heteroatoms. The maximum atomic E-state index is 5.61. The van der Waals surface area contributed by atoms with Crippen molar-refractivity contribution in [2.24, 2.45) is 0 Å². The molecule has 0 bridgehead atoms. The van der Waals surface area contributed by atoms with Gasteiger partial charge in [0.1, 0.15) is 4.60 Å². The van der Waals surface area contributed by atoms with Crippen molar-refractivity contribution in [3.8, 4) is 6.01 Å². The van der Waals surface area contributed by atoms with E-state index >= 15 is 0 Å². The molecule has 54 valence electrons. The predicted molar refractivity (Wildman–Crippen MR) is 41.3 cm³/mol. The van der Waals surface area contributed by atoms with Gasteiger partial charge in [-0.2, -0.15) is 4.98 Å². The first kappa shape index (κ1) is 7.75. The summed E-state index contributed by atoms with van der Waals surface area (Å²) < 4.78 is 5.28. The second-order valence-corrected chi connectivity index (χ2v) is 2.65. The van der Waals surface area contributed by atoms with E-state index in [1.54, 1.807) is 0 Å². The van der Waals surface area contributed by atoms with Crippen LogP contribution < -0.4 is 4.74 Å². The largest absolute Gasteiger partial charge is 0.467 e. The molecule has 0 unspecified atom stereocenters. The fraction of sp³-hybridized carbons (Fsp3) is 0.200. The van der Waals surface area contributed by atoms with E-state index in [-0.39, 0.29) is 0 Å². The van der Waals surface area contributed by atoms with Gasteiger partial charge >= 0.3 is 6.01 Å². The summed E-state index contributed by atoms with van der Waals surface area (Å²) in [4.78, 5) is 7.60. The molecule has 0 aliphatic heterocycles. The minimum absolute atomic E-state index is 0.302. The molecule has 1 rings (SSSR count). The fourth-order valence-electron chi connectivity index (χ4n) is 0.430. The van der Waals surface area contributed by atoms with Crippen LogP contribution in [0, 0.1) is 0 Å². The van der Waals surface area contributed by atoms with E-state index in [0.29, 0.717) is 15.6 Å². The highest BCUT2D eigenvalue weighted by atomic mass is 79.9. The van der Waals surface area contributed by atoms with Gasteiger partial charge in [-0.25, -0.2) is 4.98 Å². The van der Waals surface area contributed by atoms with E-state index in [2.05, 4.69) is 25.9 Å². The summed E-state index contributed by atoms with van der Waals surface area (Å²) in [5.74, 6) is 0. The average molecular weight is 223 g/mol. The van der Waals surface area contributed by atoms with Gasteiger partial charge in [-0.05, 0) is 15.9 Å². The molecule has 10 heavy (non-hydrogen) atoms. The summed E-state index contributed by atoms with van der Waals surface area (Å²) in [5, 5.41) is 0.473. The van der Waals surface area contributed by atoms with E-state index in [9.17, 15) is 0 Å². The second kappa shape index (κ2) is 3.16. The molecule has 1 aromatic rings. The minimum atomic E-state index is 0.302. The van der Waals surface area contributed by atoms with E-state index in [1.165, 1.54) is 13.3 Å². The Bertz CT molecular complexity index is 243. The van der Waals surface area contributed by atoms with Crippen LogP contribution in [0.25, 0.3) is 0 Å². The van der Waals surface area contributed by atoms with Crippen molar-refractivity contribution in [1.29, 1.82) is 0 Å². The molecule has 0 spiro atoms.